The zero-order valence-corrected chi connectivity index (χ0v) is 9.05. The van der Waals surface area contributed by atoms with Gasteiger partial charge in [-0.2, -0.15) is 0 Å². The Morgan fingerprint density at radius 3 is 2.94 bits per heavy atom. The third-order valence-electron chi connectivity index (χ3n) is 2.04. The molecule has 1 heterocycles. The largest absolute Gasteiger partial charge is 0.476 e. The van der Waals surface area contributed by atoms with Crippen molar-refractivity contribution in [3.63, 3.8) is 0 Å². The van der Waals surface area contributed by atoms with Gasteiger partial charge in [0, 0.05) is 12.6 Å². The number of nitrogens with one attached hydrogen (secondary N) is 1. The second-order valence-electron chi connectivity index (χ2n) is 3.51. The molecule has 1 aromatic heterocycles. The molecular formula is C10H15N3O3. The summed E-state index contributed by atoms with van der Waals surface area (Å²) in [4.78, 5) is 18.3. The molecule has 3 N–H and O–H groups in total. The fourth-order valence-electron chi connectivity index (χ4n) is 1.26. The molecule has 1 rings (SSSR count). The van der Waals surface area contributed by atoms with Crippen molar-refractivity contribution in [3.8, 4) is 0 Å². The maximum Gasteiger partial charge on any atom is 0.356 e. The maximum absolute atomic E-state index is 10.6. The van der Waals surface area contributed by atoms with Gasteiger partial charge in [-0.1, -0.05) is 0 Å². The van der Waals surface area contributed by atoms with Crippen LogP contribution in [-0.2, 0) is 0 Å². The Labute approximate surface area is 93.4 Å². The van der Waals surface area contributed by atoms with E-state index in [2.05, 4.69) is 15.3 Å². The average molecular weight is 225 g/mol. The van der Waals surface area contributed by atoms with Crippen LogP contribution in [0.3, 0.4) is 0 Å². The Morgan fingerprint density at radius 2 is 2.31 bits per heavy atom. The van der Waals surface area contributed by atoms with Crippen LogP contribution in [-0.4, -0.2) is 38.8 Å². The Balaban J connectivity index is 2.59. The smallest absolute Gasteiger partial charge is 0.356 e. The molecule has 0 bridgehead atoms. The fraction of sp³-hybridized carbons (Fsp3) is 0.500. The first-order valence-electron chi connectivity index (χ1n) is 5.06. The van der Waals surface area contributed by atoms with Gasteiger partial charge < -0.3 is 15.5 Å². The number of anilines is 1. The van der Waals surface area contributed by atoms with Crippen LogP contribution < -0.4 is 5.32 Å². The predicted octanol–water partition coefficient (Wildman–Crippen LogP) is 0.748. The van der Waals surface area contributed by atoms with Crippen LogP contribution in [0.4, 0.5) is 5.82 Å². The highest BCUT2D eigenvalue weighted by Crippen LogP contribution is 2.07. The molecule has 0 saturated carbocycles. The van der Waals surface area contributed by atoms with Gasteiger partial charge in [-0.25, -0.2) is 9.78 Å². The van der Waals surface area contributed by atoms with Crippen molar-refractivity contribution in [3.05, 3.63) is 18.1 Å². The van der Waals surface area contributed by atoms with Crippen molar-refractivity contribution in [2.75, 3.05) is 11.9 Å². The van der Waals surface area contributed by atoms with Gasteiger partial charge in [-0.3, -0.25) is 4.98 Å². The highest BCUT2D eigenvalue weighted by molar-refractivity contribution is 5.85. The van der Waals surface area contributed by atoms with Crippen molar-refractivity contribution in [2.24, 2.45) is 0 Å². The molecule has 0 fully saturated rings. The number of aliphatic hydroxyl groups excluding tert-OH is 1. The highest BCUT2D eigenvalue weighted by atomic mass is 16.4. The molecule has 1 unspecified atom stereocenters. The summed E-state index contributed by atoms with van der Waals surface area (Å²) < 4.78 is 0. The molecular weight excluding hydrogens is 210 g/mol. The van der Waals surface area contributed by atoms with E-state index in [-0.39, 0.29) is 18.3 Å². The number of nitrogens with zero attached hydrogens (tertiary/aromatic N) is 2. The van der Waals surface area contributed by atoms with Crippen LogP contribution in [0.1, 0.15) is 30.3 Å². The van der Waals surface area contributed by atoms with E-state index >= 15 is 0 Å². The number of hydrogen-bond acceptors (Lipinski definition) is 5. The second-order valence-corrected chi connectivity index (χ2v) is 3.51. The predicted molar refractivity (Wildman–Crippen MR) is 58.4 cm³/mol. The minimum Gasteiger partial charge on any atom is -0.476 e. The van der Waals surface area contributed by atoms with Gasteiger partial charge in [0.05, 0.1) is 12.4 Å². The summed E-state index contributed by atoms with van der Waals surface area (Å²) in [5.41, 5.74) is -0.0839. The number of carboxylic acids is 1. The summed E-state index contributed by atoms with van der Waals surface area (Å²) in [6, 6.07) is 0.116. The van der Waals surface area contributed by atoms with Crippen LogP contribution in [0.25, 0.3) is 0 Å². The van der Waals surface area contributed by atoms with E-state index in [4.69, 9.17) is 10.2 Å². The molecule has 6 nitrogen and oxygen atoms in total. The number of aromatic nitrogens is 2. The minimum atomic E-state index is -1.10. The summed E-state index contributed by atoms with van der Waals surface area (Å²) in [5, 5.41) is 20.4. The summed E-state index contributed by atoms with van der Waals surface area (Å²) >= 11 is 0. The molecule has 6 heteroatoms. The molecule has 0 radical (unpaired) electrons. The van der Waals surface area contributed by atoms with Gasteiger partial charge in [0.1, 0.15) is 5.82 Å². The normalized spacial score (nSPS) is 12.1. The average Bonchev–Trinajstić information content (AvgIpc) is 2.26. The summed E-state index contributed by atoms with van der Waals surface area (Å²) in [5.74, 6) is -0.662. The molecule has 1 aromatic rings. The highest BCUT2D eigenvalue weighted by Gasteiger charge is 2.07. The summed E-state index contributed by atoms with van der Waals surface area (Å²) in [7, 11) is 0. The molecule has 0 aliphatic heterocycles. The molecule has 0 saturated heterocycles. The lowest BCUT2D eigenvalue weighted by atomic mass is 10.2. The van der Waals surface area contributed by atoms with Crippen LogP contribution in [0, 0.1) is 0 Å². The van der Waals surface area contributed by atoms with Crippen molar-refractivity contribution in [1.82, 2.24) is 9.97 Å². The van der Waals surface area contributed by atoms with E-state index in [0.29, 0.717) is 12.2 Å². The monoisotopic (exact) mass is 225 g/mol. The van der Waals surface area contributed by atoms with E-state index in [0.717, 1.165) is 6.42 Å². The van der Waals surface area contributed by atoms with Crippen LogP contribution in [0.15, 0.2) is 12.4 Å². The maximum atomic E-state index is 10.6. The second kappa shape index (κ2) is 6.02. The zero-order valence-electron chi connectivity index (χ0n) is 9.05. The van der Waals surface area contributed by atoms with Crippen molar-refractivity contribution >= 4 is 11.8 Å². The van der Waals surface area contributed by atoms with Crippen molar-refractivity contribution in [1.29, 1.82) is 0 Å². The molecule has 0 spiro atoms. The van der Waals surface area contributed by atoms with Gasteiger partial charge in [0.2, 0.25) is 0 Å². The lowest BCUT2D eigenvalue weighted by molar-refractivity contribution is 0.0690. The SMILES string of the molecule is CC(CCCO)Nc1cncc(C(=O)O)n1. The van der Waals surface area contributed by atoms with Gasteiger partial charge in [-0.05, 0) is 19.8 Å². The molecule has 0 aromatic carbocycles. The van der Waals surface area contributed by atoms with Gasteiger partial charge >= 0.3 is 5.97 Å². The fourth-order valence-corrected chi connectivity index (χ4v) is 1.26. The number of hydrogen-bond donors (Lipinski definition) is 3. The zero-order chi connectivity index (χ0) is 12.0. The first-order valence-corrected chi connectivity index (χ1v) is 5.06. The van der Waals surface area contributed by atoms with Crippen LogP contribution in [0.2, 0.25) is 0 Å². The van der Waals surface area contributed by atoms with E-state index < -0.39 is 5.97 Å². The Bertz CT molecular complexity index is 357. The number of carbonyl (C=O) groups is 1. The van der Waals surface area contributed by atoms with Gasteiger partial charge in [-0.15, -0.1) is 0 Å². The Hall–Kier alpha value is -1.69. The standard InChI is InChI=1S/C10H15N3O3/c1-7(3-2-4-14)12-9-6-11-5-8(13-9)10(15)16/h5-7,14H,2-4H2,1H3,(H,12,13)(H,15,16). The minimum absolute atomic E-state index is 0.0839. The number of carboxylic acid groups (broad SMARTS) is 1. The molecule has 16 heavy (non-hydrogen) atoms. The Morgan fingerprint density at radius 1 is 1.56 bits per heavy atom. The van der Waals surface area contributed by atoms with Gasteiger partial charge in [0.25, 0.3) is 0 Å². The van der Waals surface area contributed by atoms with Crippen molar-refractivity contribution < 1.29 is 15.0 Å². The van der Waals surface area contributed by atoms with E-state index in [1.54, 1.807) is 0 Å². The van der Waals surface area contributed by atoms with E-state index in [1.807, 2.05) is 6.92 Å². The third kappa shape index (κ3) is 3.82. The van der Waals surface area contributed by atoms with Crippen molar-refractivity contribution in [2.45, 2.75) is 25.8 Å². The number of aliphatic hydroxyl groups is 1. The van der Waals surface area contributed by atoms with E-state index in [1.165, 1.54) is 12.4 Å². The van der Waals surface area contributed by atoms with Gasteiger partial charge in [0.15, 0.2) is 5.69 Å². The first kappa shape index (κ1) is 12.4. The quantitative estimate of drug-likeness (QED) is 0.661. The lowest BCUT2D eigenvalue weighted by Crippen LogP contribution is -2.17. The van der Waals surface area contributed by atoms with Crippen LogP contribution in [0.5, 0.6) is 0 Å². The molecule has 1 atom stereocenters. The molecule has 0 aliphatic rings. The summed E-state index contributed by atoms with van der Waals surface area (Å²) in [6.07, 6.45) is 4.16. The van der Waals surface area contributed by atoms with Crippen LogP contribution >= 0.6 is 0 Å². The number of rotatable bonds is 6. The number of aromatic carboxylic acids is 1. The topological polar surface area (TPSA) is 95.3 Å². The van der Waals surface area contributed by atoms with E-state index in [9.17, 15) is 4.79 Å². The molecule has 0 amide bonds. The lowest BCUT2D eigenvalue weighted by Gasteiger charge is -2.13. The third-order valence-corrected chi connectivity index (χ3v) is 2.04. The summed E-state index contributed by atoms with van der Waals surface area (Å²) in [6.45, 7) is 2.08. The molecule has 0 aliphatic carbocycles. The molecule has 88 valence electrons. The first-order chi connectivity index (χ1) is 7.63. The Kier molecular flexibility index (Phi) is 4.65.